The third-order valence-corrected chi connectivity index (χ3v) is 14.5. The average Bonchev–Trinajstić information content (AvgIpc) is 3.41. The molecule has 10 atom stereocenters. The minimum Gasteiger partial charge on any atom is -0.394 e. The lowest BCUT2D eigenvalue weighted by molar-refractivity contribution is -0.214. The van der Waals surface area contributed by atoms with Crippen molar-refractivity contribution in [3.8, 4) is 0 Å². The summed E-state index contributed by atoms with van der Waals surface area (Å²) >= 11 is 0. The fourth-order valence-electron chi connectivity index (χ4n) is 12.4. The lowest BCUT2D eigenvalue weighted by Gasteiger charge is -2.69. The second-order valence-electron chi connectivity index (χ2n) is 16.5. The molecule has 5 fully saturated rings. The molecule has 0 heterocycles. The number of nitrogens with one attached hydrogen (secondary N) is 1. The van der Waals surface area contributed by atoms with Crippen molar-refractivity contribution in [1.82, 2.24) is 5.32 Å². The molecule has 1 aromatic rings. The van der Waals surface area contributed by atoms with Gasteiger partial charge in [0.25, 0.3) is 5.91 Å². The van der Waals surface area contributed by atoms with E-state index in [0.29, 0.717) is 27.7 Å². The summed E-state index contributed by atoms with van der Waals surface area (Å²) < 4.78 is 0. The van der Waals surface area contributed by atoms with Gasteiger partial charge in [-0.1, -0.05) is 46.2 Å². The number of benzene rings is 1. The fourth-order valence-corrected chi connectivity index (χ4v) is 12.4. The molecule has 4 N–H and O–H groups in total. The Hall–Kier alpha value is -1.43. The molecule has 5 aliphatic rings. The normalized spacial score (nSPS) is 42.9. The first-order valence-corrected chi connectivity index (χ1v) is 17.3. The maximum Gasteiger partial charge on any atom is 0.251 e. The Kier molecular flexibility index (Phi) is 8.14. The van der Waals surface area contributed by atoms with Gasteiger partial charge in [0.15, 0.2) is 0 Å². The number of carbonyl (C=O) groups is 1. The van der Waals surface area contributed by atoms with E-state index in [1.807, 2.05) is 18.2 Å². The molecule has 0 spiro atoms. The van der Waals surface area contributed by atoms with Gasteiger partial charge in [-0.15, -0.1) is 0 Å². The summed E-state index contributed by atoms with van der Waals surface area (Å²) in [6, 6.07) is 8.02. The Morgan fingerprint density at radius 2 is 1.71 bits per heavy atom. The van der Waals surface area contributed by atoms with E-state index in [4.69, 9.17) is 5.11 Å². The molecule has 0 bridgehead atoms. The summed E-state index contributed by atoms with van der Waals surface area (Å²) in [4.78, 5) is 12.7. The molecular formula is C37H57NO4. The largest absolute Gasteiger partial charge is 0.394 e. The number of amides is 1. The first-order chi connectivity index (χ1) is 19.9. The molecule has 234 valence electrons. The van der Waals surface area contributed by atoms with Crippen molar-refractivity contribution in [1.29, 1.82) is 0 Å². The van der Waals surface area contributed by atoms with Crippen LogP contribution in [0.25, 0.3) is 0 Å². The van der Waals surface area contributed by atoms with E-state index in [9.17, 15) is 15.0 Å². The van der Waals surface area contributed by atoms with Crippen LogP contribution in [0.5, 0.6) is 0 Å². The van der Waals surface area contributed by atoms with Gasteiger partial charge in [0.1, 0.15) is 0 Å². The highest BCUT2D eigenvalue weighted by molar-refractivity contribution is 5.94. The third kappa shape index (κ3) is 4.88. The van der Waals surface area contributed by atoms with E-state index in [1.54, 1.807) is 0 Å². The highest BCUT2D eigenvalue weighted by Crippen LogP contribution is 2.73. The van der Waals surface area contributed by atoms with E-state index >= 15 is 0 Å². The van der Waals surface area contributed by atoms with Crippen LogP contribution in [0.15, 0.2) is 24.3 Å². The quantitative estimate of drug-likeness (QED) is 0.296. The zero-order chi connectivity index (χ0) is 29.9. The minimum atomic E-state index is -0.928. The van der Waals surface area contributed by atoms with Crippen LogP contribution in [-0.2, 0) is 6.42 Å². The van der Waals surface area contributed by atoms with Gasteiger partial charge in [-0.2, -0.15) is 0 Å². The summed E-state index contributed by atoms with van der Waals surface area (Å²) in [5.74, 6) is 3.79. The van der Waals surface area contributed by atoms with Gasteiger partial charge in [-0.3, -0.25) is 4.79 Å². The Balaban J connectivity index is 1.16. The second-order valence-corrected chi connectivity index (χ2v) is 16.5. The number of hydrogen-bond donors (Lipinski definition) is 4. The first-order valence-electron chi connectivity index (χ1n) is 17.3. The molecule has 5 saturated carbocycles. The van der Waals surface area contributed by atoms with E-state index < -0.39 is 6.10 Å². The van der Waals surface area contributed by atoms with Gasteiger partial charge in [-0.25, -0.2) is 0 Å². The van der Waals surface area contributed by atoms with Gasteiger partial charge in [0.2, 0.25) is 0 Å². The fraction of sp³-hybridized carbons (Fsp3) is 0.811. The number of fused-ring (bicyclic) bond motifs is 7. The van der Waals surface area contributed by atoms with E-state index in [0.717, 1.165) is 36.5 Å². The molecule has 5 heteroatoms. The standard InChI is InChI=1S/C37H57NO4/c1-34(2)30-14-17-35(3)28-13-20-37(19-12-24-7-5-8-25(21-24)33(42)38-22-26(40)23-39)16-6-9-29(37)27(28)10-11-31(35)36(30,4)18-15-32(34)41/h5,7-8,21,26-32,39-41H,6,9-20,22-23H2,1-4H3,(H,38,42). The van der Waals surface area contributed by atoms with Crippen molar-refractivity contribution in [2.75, 3.05) is 13.2 Å². The van der Waals surface area contributed by atoms with Gasteiger partial charge in [-0.05, 0) is 146 Å². The minimum absolute atomic E-state index is 0.0248. The van der Waals surface area contributed by atoms with Crippen molar-refractivity contribution >= 4 is 5.91 Å². The second kappa shape index (κ2) is 11.2. The lowest BCUT2D eigenvalue weighted by atomic mass is 9.36. The number of aliphatic hydroxyl groups is 3. The van der Waals surface area contributed by atoms with Gasteiger partial charge in [0.05, 0.1) is 18.8 Å². The predicted octanol–water partition coefficient (Wildman–Crippen LogP) is 6.53. The van der Waals surface area contributed by atoms with Crippen LogP contribution in [0.2, 0.25) is 0 Å². The van der Waals surface area contributed by atoms with Crippen molar-refractivity contribution < 1.29 is 20.1 Å². The van der Waals surface area contributed by atoms with Gasteiger partial charge >= 0.3 is 0 Å². The topological polar surface area (TPSA) is 89.8 Å². The number of aliphatic hydroxyl groups excluding tert-OH is 3. The summed E-state index contributed by atoms with van der Waals surface area (Å²) in [6.07, 6.45) is 15.6. The van der Waals surface area contributed by atoms with E-state index in [-0.39, 0.29) is 30.6 Å². The molecule has 6 rings (SSSR count). The highest BCUT2D eigenvalue weighted by atomic mass is 16.3. The molecule has 42 heavy (non-hydrogen) atoms. The van der Waals surface area contributed by atoms with Crippen LogP contribution in [0, 0.1) is 51.2 Å². The summed E-state index contributed by atoms with van der Waals surface area (Å²) in [6.45, 7) is 9.74. The summed E-state index contributed by atoms with van der Waals surface area (Å²) in [5, 5.41) is 32.4. The maximum atomic E-state index is 12.7. The number of carbonyl (C=O) groups excluding carboxylic acids is 1. The Morgan fingerprint density at radius 3 is 2.50 bits per heavy atom. The van der Waals surface area contributed by atoms with Crippen molar-refractivity contribution in [2.24, 2.45) is 51.2 Å². The molecule has 1 amide bonds. The number of hydrogen-bond acceptors (Lipinski definition) is 4. The summed E-state index contributed by atoms with van der Waals surface area (Å²) in [5.41, 5.74) is 3.14. The third-order valence-electron chi connectivity index (χ3n) is 14.5. The zero-order valence-electron chi connectivity index (χ0n) is 26.7. The van der Waals surface area contributed by atoms with E-state index in [1.165, 1.54) is 76.2 Å². The monoisotopic (exact) mass is 579 g/mol. The summed E-state index contributed by atoms with van der Waals surface area (Å²) in [7, 11) is 0. The van der Waals surface area contributed by atoms with Crippen LogP contribution in [0.3, 0.4) is 0 Å². The highest BCUT2D eigenvalue weighted by Gasteiger charge is 2.66. The molecule has 0 aliphatic heterocycles. The molecule has 1 aromatic carbocycles. The Morgan fingerprint density at radius 1 is 0.929 bits per heavy atom. The molecule has 5 aliphatic carbocycles. The molecule has 0 radical (unpaired) electrons. The van der Waals surface area contributed by atoms with Crippen LogP contribution in [0.1, 0.15) is 121 Å². The molecule has 0 saturated heterocycles. The van der Waals surface area contributed by atoms with Gasteiger partial charge < -0.3 is 20.6 Å². The van der Waals surface area contributed by atoms with Crippen molar-refractivity contribution in [3.05, 3.63) is 35.4 Å². The number of aryl methyl sites for hydroxylation is 1. The van der Waals surface area contributed by atoms with Crippen molar-refractivity contribution in [3.63, 3.8) is 0 Å². The SMILES string of the molecule is CC1(C)C(O)CCC2(C)C1CCC1(C)C3CCC4(CCc5cccc(C(=O)NCC(O)CO)c5)CCCC4C3CCC12. The number of rotatable bonds is 7. The molecule has 5 nitrogen and oxygen atoms in total. The molecule has 0 aromatic heterocycles. The van der Waals surface area contributed by atoms with E-state index in [2.05, 4.69) is 39.1 Å². The molecule has 10 unspecified atom stereocenters. The van der Waals surface area contributed by atoms with Crippen LogP contribution < -0.4 is 5.32 Å². The maximum absolute atomic E-state index is 12.7. The lowest BCUT2D eigenvalue weighted by Crippen LogP contribution is -2.63. The first kappa shape index (κ1) is 30.6. The average molecular weight is 580 g/mol. The van der Waals surface area contributed by atoms with Crippen LogP contribution in [-0.4, -0.2) is 46.6 Å². The zero-order valence-corrected chi connectivity index (χ0v) is 26.7. The molecular weight excluding hydrogens is 522 g/mol. The van der Waals surface area contributed by atoms with Crippen LogP contribution >= 0.6 is 0 Å². The van der Waals surface area contributed by atoms with Gasteiger partial charge in [0, 0.05) is 12.1 Å². The Bertz CT molecular complexity index is 1150. The Labute approximate surface area is 254 Å². The smallest absolute Gasteiger partial charge is 0.251 e. The predicted molar refractivity (Wildman–Crippen MR) is 167 cm³/mol. The van der Waals surface area contributed by atoms with Crippen molar-refractivity contribution in [2.45, 2.75) is 123 Å². The van der Waals surface area contributed by atoms with Crippen LogP contribution in [0.4, 0.5) is 0 Å².